The SMILES string of the molecule is CC1(C)CN(S(=O)(=O)c2cccc(CO)c2)CC(C)(C)O1. The molecule has 0 unspecified atom stereocenters. The summed E-state index contributed by atoms with van der Waals surface area (Å²) in [6.45, 7) is 8.00. The van der Waals surface area contributed by atoms with Crippen LogP contribution in [0.5, 0.6) is 0 Å². The third-order valence-corrected chi connectivity index (χ3v) is 5.17. The van der Waals surface area contributed by atoms with E-state index in [1.165, 1.54) is 10.4 Å². The van der Waals surface area contributed by atoms with Gasteiger partial charge in [-0.05, 0) is 45.4 Å². The van der Waals surface area contributed by atoms with E-state index in [-0.39, 0.29) is 11.5 Å². The van der Waals surface area contributed by atoms with Crippen molar-refractivity contribution in [3.8, 4) is 0 Å². The van der Waals surface area contributed by atoms with E-state index in [4.69, 9.17) is 4.74 Å². The molecule has 0 amide bonds. The Kier molecular flexibility index (Phi) is 4.19. The number of hydrogen-bond donors (Lipinski definition) is 1. The highest BCUT2D eigenvalue weighted by Gasteiger charge is 2.43. The van der Waals surface area contributed by atoms with Crippen molar-refractivity contribution in [1.29, 1.82) is 0 Å². The number of aliphatic hydroxyl groups is 1. The van der Waals surface area contributed by atoms with E-state index in [1.54, 1.807) is 18.2 Å². The Balaban J connectivity index is 2.38. The molecule has 0 radical (unpaired) electrons. The molecule has 118 valence electrons. The molecule has 0 saturated carbocycles. The lowest BCUT2D eigenvalue weighted by atomic mass is 10.0. The van der Waals surface area contributed by atoms with Gasteiger partial charge in [0.05, 0.1) is 22.7 Å². The van der Waals surface area contributed by atoms with Crippen molar-refractivity contribution < 1.29 is 18.3 Å². The van der Waals surface area contributed by atoms with Crippen molar-refractivity contribution in [3.63, 3.8) is 0 Å². The highest BCUT2D eigenvalue weighted by atomic mass is 32.2. The summed E-state index contributed by atoms with van der Waals surface area (Å²) >= 11 is 0. The average molecular weight is 313 g/mol. The molecule has 1 aromatic rings. The van der Waals surface area contributed by atoms with Crippen molar-refractivity contribution in [1.82, 2.24) is 4.31 Å². The largest absolute Gasteiger partial charge is 0.392 e. The Morgan fingerprint density at radius 2 is 1.76 bits per heavy atom. The molecular weight excluding hydrogens is 290 g/mol. The first-order valence-corrected chi connectivity index (χ1v) is 8.40. The van der Waals surface area contributed by atoms with Crippen molar-refractivity contribution >= 4 is 10.0 Å². The average Bonchev–Trinajstić information content (AvgIpc) is 2.35. The summed E-state index contributed by atoms with van der Waals surface area (Å²) in [5.74, 6) is 0. The third-order valence-electron chi connectivity index (χ3n) is 3.39. The lowest BCUT2D eigenvalue weighted by Gasteiger charge is -2.46. The maximum absolute atomic E-state index is 12.8. The number of morpholine rings is 1. The minimum absolute atomic E-state index is 0.177. The van der Waals surface area contributed by atoms with Gasteiger partial charge in [-0.1, -0.05) is 12.1 Å². The molecule has 0 bridgehead atoms. The van der Waals surface area contributed by atoms with E-state index in [2.05, 4.69) is 0 Å². The first kappa shape index (κ1) is 16.4. The summed E-state index contributed by atoms with van der Waals surface area (Å²) in [5, 5.41) is 9.18. The fraction of sp³-hybridized carbons (Fsp3) is 0.600. The minimum Gasteiger partial charge on any atom is -0.392 e. The maximum atomic E-state index is 12.8. The summed E-state index contributed by atoms with van der Waals surface area (Å²) < 4.78 is 33.0. The van der Waals surface area contributed by atoms with Crippen LogP contribution in [0.4, 0.5) is 0 Å². The summed E-state index contributed by atoms with van der Waals surface area (Å²) in [4.78, 5) is 0.211. The Morgan fingerprint density at radius 3 is 2.29 bits per heavy atom. The molecule has 0 aliphatic carbocycles. The van der Waals surface area contributed by atoms with Gasteiger partial charge in [-0.15, -0.1) is 0 Å². The van der Waals surface area contributed by atoms with Gasteiger partial charge >= 0.3 is 0 Å². The van der Waals surface area contributed by atoms with E-state index in [0.29, 0.717) is 18.7 Å². The molecule has 21 heavy (non-hydrogen) atoms. The molecule has 0 spiro atoms. The summed E-state index contributed by atoms with van der Waals surface area (Å²) in [7, 11) is -3.59. The summed E-state index contributed by atoms with van der Waals surface area (Å²) in [6, 6.07) is 6.43. The molecule has 1 heterocycles. The van der Waals surface area contributed by atoms with Crippen LogP contribution >= 0.6 is 0 Å². The molecular formula is C15H23NO4S. The molecule has 1 aliphatic heterocycles. The summed E-state index contributed by atoms with van der Waals surface area (Å²) in [6.07, 6.45) is 0. The number of benzene rings is 1. The van der Waals surface area contributed by atoms with Crippen LogP contribution in [0.15, 0.2) is 29.2 Å². The normalized spacial score (nSPS) is 22.1. The first-order valence-electron chi connectivity index (χ1n) is 6.96. The van der Waals surface area contributed by atoms with Crippen molar-refractivity contribution in [2.75, 3.05) is 13.1 Å². The molecule has 1 saturated heterocycles. The van der Waals surface area contributed by atoms with Gasteiger partial charge in [-0.25, -0.2) is 8.42 Å². The highest BCUT2D eigenvalue weighted by molar-refractivity contribution is 7.89. The molecule has 0 aromatic heterocycles. The van der Waals surface area contributed by atoms with Gasteiger partial charge in [-0.2, -0.15) is 4.31 Å². The van der Waals surface area contributed by atoms with Gasteiger partial charge in [0, 0.05) is 13.1 Å². The number of hydrogen-bond acceptors (Lipinski definition) is 4. The van der Waals surface area contributed by atoms with Crippen LogP contribution in [0.2, 0.25) is 0 Å². The standard InChI is InChI=1S/C15H23NO4S/c1-14(2)10-16(11-15(3,4)20-14)21(18,19)13-7-5-6-12(8-13)9-17/h5-8,17H,9-11H2,1-4H3. The zero-order valence-corrected chi connectivity index (χ0v) is 13.8. The maximum Gasteiger partial charge on any atom is 0.243 e. The Morgan fingerprint density at radius 1 is 1.19 bits per heavy atom. The molecule has 1 aromatic carbocycles. The number of nitrogens with zero attached hydrogens (tertiary/aromatic N) is 1. The Hall–Kier alpha value is -0.950. The second-order valence-corrected chi connectivity index (χ2v) is 8.64. The predicted molar refractivity (Wildman–Crippen MR) is 80.4 cm³/mol. The number of ether oxygens (including phenoxy) is 1. The summed E-state index contributed by atoms with van der Waals surface area (Å²) in [5.41, 5.74) is -0.491. The van der Waals surface area contributed by atoms with Crippen molar-refractivity contribution in [3.05, 3.63) is 29.8 Å². The van der Waals surface area contributed by atoms with Gasteiger partial charge < -0.3 is 9.84 Å². The third kappa shape index (κ3) is 3.63. The molecule has 2 rings (SSSR count). The molecule has 6 heteroatoms. The van der Waals surface area contributed by atoms with Crippen LogP contribution in [0.25, 0.3) is 0 Å². The quantitative estimate of drug-likeness (QED) is 0.923. The Bertz CT molecular complexity index is 606. The van der Waals surface area contributed by atoms with Crippen molar-refractivity contribution in [2.24, 2.45) is 0 Å². The van der Waals surface area contributed by atoms with E-state index in [1.807, 2.05) is 27.7 Å². The molecule has 1 fully saturated rings. The van der Waals surface area contributed by atoms with Crippen LogP contribution < -0.4 is 0 Å². The molecule has 5 nitrogen and oxygen atoms in total. The molecule has 0 atom stereocenters. The lowest BCUT2D eigenvalue weighted by molar-refractivity contribution is -0.163. The van der Waals surface area contributed by atoms with Gasteiger partial charge in [0.2, 0.25) is 10.0 Å². The molecule has 1 N–H and O–H groups in total. The van der Waals surface area contributed by atoms with Crippen LogP contribution in [0, 0.1) is 0 Å². The van der Waals surface area contributed by atoms with E-state index in [9.17, 15) is 13.5 Å². The van der Waals surface area contributed by atoms with Gasteiger partial charge in [0.15, 0.2) is 0 Å². The van der Waals surface area contributed by atoms with Crippen molar-refractivity contribution in [2.45, 2.75) is 50.4 Å². The number of aliphatic hydroxyl groups excluding tert-OH is 1. The number of sulfonamides is 1. The van der Waals surface area contributed by atoms with Crippen LogP contribution in [-0.4, -0.2) is 42.1 Å². The van der Waals surface area contributed by atoms with Crippen LogP contribution in [-0.2, 0) is 21.4 Å². The lowest BCUT2D eigenvalue weighted by Crippen LogP contribution is -2.58. The minimum atomic E-state index is -3.59. The van der Waals surface area contributed by atoms with Crippen LogP contribution in [0.3, 0.4) is 0 Å². The van der Waals surface area contributed by atoms with E-state index >= 15 is 0 Å². The van der Waals surface area contributed by atoms with E-state index in [0.717, 1.165) is 0 Å². The zero-order valence-electron chi connectivity index (χ0n) is 13.0. The van der Waals surface area contributed by atoms with Crippen LogP contribution in [0.1, 0.15) is 33.3 Å². The first-order chi connectivity index (χ1) is 9.56. The fourth-order valence-electron chi connectivity index (χ4n) is 2.84. The molecule has 1 aliphatic rings. The predicted octanol–water partition coefficient (Wildman–Crippen LogP) is 1.76. The Labute approximate surface area is 126 Å². The monoisotopic (exact) mass is 313 g/mol. The van der Waals surface area contributed by atoms with Gasteiger partial charge in [0.1, 0.15) is 0 Å². The fourth-order valence-corrected chi connectivity index (χ4v) is 4.65. The number of rotatable bonds is 3. The highest BCUT2D eigenvalue weighted by Crippen LogP contribution is 2.31. The second-order valence-electron chi connectivity index (χ2n) is 6.70. The van der Waals surface area contributed by atoms with Gasteiger partial charge in [-0.3, -0.25) is 0 Å². The zero-order chi connectivity index (χ0) is 15.9. The van der Waals surface area contributed by atoms with E-state index < -0.39 is 21.2 Å². The topological polar surface area (TPSA) is 66.8 Å². The van der Waals surface area contributed by atoms with Gasteiger partial charge in [0.25, 0.3) is 0 Å². The second kappa shape index (κ2) is 5.35. The smallest absolute Gasteiger partial charge is 0.243 e.